The van der Waals surface area contributed by atoms with Crippen LogP contribution in [0.15, 0.2) is 72.8 Å². The van der Waals surface area contributed by atoms with Crippen molar-refractivity contribution in [2.75, 3.05) is 26.7 Å². The fraction of sp³-hybridized carbons (Fsp3) is 0.296. The molecule has 1 aliphatic heterocycles. The second-order valence-electron chi connectivity index (χ2n) is 8.56. The van der Waals surface area contributed by atoms with Crippen molar-refractivity contribution in [3.05, 3.63) is 106 Å². The molecule has 6 heteroatoms. The van der Waals surface area contributed by atoms with Gasteiger partial charge in [-0.05, 0) is 79.0 Å². The van der Waals surface area contributed by atoms with E-state index in [4.69, 9.17) is 11.6 Å². The summed E-state index contributed by atoms with van der Waals surface area (Å²) in [5.74, 6) is -1.55. The lowest BCUT2D eigenvalue weighted by Gasteiger charge is -2.34. The first kappa shape index (κ1) is 23.4. The maximum absolute atomic E-state index is 14.0. The third kappa shape index (κ3) is 5.60. The Balaban J connectivity index is 1.70. The van der Waals surface area contributed by atoms with E-state index in [1.54, 1.807) is 36.2 Å². The fourth-order valence-electron chi connectivity index (χ4n) is 4.49. The SMILES string of the molecule is CN(C(=O)C(c1ccc(F)cc1)c1ccc(F)cc1)[C@H](CN1CCCC1)c1ccc(Cl)cc1. The monoisotopic (exact) mass is 468 g/mol. The molecule has 0 spiro atoms. The van der Waals surface area contributed by atoms with Crippen LogP contribution in [0, 0.1) is 11.6 Å². The van der Waals surface area contributed by atoms with Gasteiger partial charge in [-0.25, -0.2) is 8.78 Å². The third-order valence-electron chi connectivity index (χ3n) is 6.35. The van der Waals surface area contributed by atoms with Crippen LogP contribution >= 0.6 is 11.6 Å². The number of likely N-dealkylation sites (N-methyl/N-ethyl adjacent to an activating group) is 1. The summed E-state index contributed by atoms with van der Waals surface area (Å²) in [6, 6.07) is 19.3. The number of hydrogen-bond acceptors (Lipinski definition) is 2. The minimum atomic E-state index is -0.676. The molecule has 33 heavy (non-hydrogen) atoms. The molecule has 1 saturated heterocycles. The molecule has 1 aliphatic rings. The molecule has 1 amide bonds. The number of amides is 1. The van der Waals surface area contributed by atoms with E-state index in [1.807, 2.05) is 24.3 Å². The zero-order valence-corrected chi connectivity index (χ0v) is 19.3. The fourth-order valence-corrected chi connectivity index (χ4v) is 4.62. The Labute approximate surface area is 198 Å². The highest BCUT2D eigenvalue weighted by Crippen LogP contribution is 2.32. The van der Waals surface area contributed by atoms with Gasteiger partial charge in [0.2, 0.25) is 5.91 Å². The van der Waals surface area contributed by atoms with Gasteiger partial charge in [0.25, 0.3) is 0 Å². The van der Waals surface area contributed by atoms with Gasteiger partial charge in [-0.2, -0.15) is 0 Å². The Kier molecular flexibility index (Phi) is 7.41. The summed E-state index contributed by atoms with van der Waals surface area (Å²) in [6.45, 7) is 2.72. The quantitative estimate of drug-likeness (QED) is 0.421. The maximum Gasteiger partial charge on any atom is 0.234 e. The zero-order chi connectivity index (χ0) is 23.4. The first-order valence-electron chi connectivity index (χ1n) is 11.2. The molecule has 3 aromatic rings. The Morgan fingerprint density at radius 1 is 0.848 bits per heavy atom. The van der Waals surface area contributed by atoms with Crippen molar-refractivity contribution >= 4 is 17.5 Å². The van der Waals surface area contributed by atoms with Crippen molar-refractivity contribution in [3.8, 4) is 0 Å². The Bertz CT molecular complexity index is 1020. The van der Waals surface area contributed by atoms with Gasteiger partial charge < -0.3 is 9.80 Å². The molecule has 0 radical (unpaired) electrons. The number of likely N-dealkylation sites (tertiary alicyclic amines) is 1. The van der Waals surface area contributed by atoms with E-state index < -0.39 is 5.92 Å². The van der Waals surface area contributed by atoms with E-state index in [-0.39, 0.29) is 23.6 Å². The smallest absolute Gasteiger partial charge is 0.234 e. The van der Waals surface area contributed by atoms with Gasteiger partial charge in [0.1, 0.15) is 11.6 Å². The van der Waals surface area contributed by atoms with Crippen molar-refractivity contribution in [1.29, 1.82) is 0 Å². The molecule has 4 rings (SSSR count). The number of carbonyl (C=O) groups excluding carboxylic acids is 1. The van der Waals surface area contributed by atoms with Gasteiger partial charge in [-0.3, -0.25) is 4.79 Å². The van der Waals surface area contributed by atoms with E-state index in [1.165, 1.54) is 24.3 Å². The van der Waals surface area contributed by atoms with Gasteiger partial charge in [0.15, 0.2) is 0 Å². The van der Waals surface area contributed by atoms with Crippen LogP contribution in [0.4, 0.5) is 8.78 Å². The minimum Gasteiger partial charge on any atom is -0.337 e. The zero-order valence-electron chi connectivity index (χ0n) is 18.6. The second-order valence-corrected chi connectivity index (χ2v) is 9.00. The number of halogens is 3. The van der Waals surface area contributed by atoms with Crippen LogP contribution in [-0.4, -0.2) is 42.4 Å². The van der Waals surface area contributed by atoms with Crippen LogP contribution in [0.1, 0.15) is 41.5 Å². The number of carbonyl (C=O) groups is 1. The molecule has 1 atom stereocenters. The molecule has 172 valence electrons. The third-order valence-corrected chi connectivity index (χ3v) is 6.61. The molecule has 1 heterocycles. The Morgan fingerprint density at radius 3 is 1.79 bits per heavy atom. The van der Waals surface area contributed by atoms with Crippen LogP contribution < -0.4 is 0 Å². The molecule has 0 bridgehead atoms. The number of nitrogens with zero attached hydrogens (tertiary/aromatic N) is 2. The average Bonchev–Trinajstić information content (AvgIpc) is 3.34. The molecular formula is C27H27ClF2N2O. The summed E-state index contributed by atoms with van der Waals surface area (Å²) in [7, 11) is 1.80. The van der Waals surface area contributed by atoms with Crippen LogP contribution in [0.2, 0.25) is 5.02 Å². The summed E-state index contributed by atoms with van der Waals surface area (Å²) in [5.41, 5.74) is 2.32. The Hall–Kier alpha value is -2.76. The largest absolute Gasteiger partial charge is 0.337 e. The van der Waals surface area contributed by atoms with Crippen molar-refractivity contribution in [2.45, 2.75) is 24.8 Å². The highest BCUT2D eigenvalue weighted by molar-refractivity contribution is 6.30. The van der Waals surface area contributed by atoms with E-state index in [9.17, 15) is 13.6 Å². The lowest BCUT2D eigenvalue weighted by molar-refractivity contribution is -0.133. The highest BCUT2D eigenvalue weighted by atomic mass is 35.5. The van der Waals surface area contributed by atoms with Gasteiger partial charge in [0, 0.05) is 18.6 Å². The molecule has 0 N–H and O–H groups in total. The van der Waals surface area contributed by atoms with Crippen LogP contribution in [0.3, 0.4) is 0 Å². The van der Waals surface area contributed by atoms with E-state index in [0.717, 1.165) is 31.5 Å². The van der Waals surface area contributed by atoms with E-state index >= 15 is 0 Å². The van der Waals surface area contributed by atoms with Crippen molar-refractivity contribution in [1.82, 2.24) is 9.80 Å². The predicted octanol–water partition coefficient (Wildman–Crippen LogP) is 6.05. The number of rotatable bonds is 7. The molecule has 0 unspecified atom stereocenters. The van der Waals surface area contributed by atoms with Crippen molar-refractivity contribution in [2.24, 2.45) is 0 Å². The summed E-state index contributed by atoms with van der Waals surface area (Å²) in [5, 5.41) is 0.642. The van der Waals surface area contributed by atoms with Gasteiger partial charge >= 0.3 is 0 Å². The molecule has 3 nitrogen and oxygen atoms in total. The van der Waals surface area contributed by atoms with Crippen molar-refractivity contribution < 1.29 is 13.6 Å². The number of hydrogen-bond donors (Lipinski definition) is 0. The molecule has 0 aliphatic carbocycles. The topological polar surface area (TPSA) is 23.6 Å². The van der Waals surface area contributed by atoms with Crippen molar-refractivity contribution in [3.63, 3.8) is 0 Å². The number of benzene rings is 3. The van der Waals surface area contributed by atoms with E-state index in [0.29, 0.717) is 22.7 Å². The predicted molar refractivity (Wildman–Crippen MR) is 127 cm³/mol. The first-order valence-corrected chi connectivity index (χ1v) is 11.6. The van der Waals surface area contributed by atoms with Gasteiger partial charge in [-0.15, -0.1) is 0 Å². The van der Waals surface area contributed by atoms with Gasteiger partial charge in [-0.1, -0.05) is 48.0 Å². The maximum atomic E-state index is 14.0. The summed E-state index contributed by atoms with van der Waals surface area (Å²) in [6.07, 6.45) is 2.30. The minimum absolute atomic E-state index is 0.132. The molecular weight excluding hydrogens is 442 g/mol. The molecule has 0 saturated carbocycles. The molecule has 1 fully saturated rings. The van der Waals surface area contributed by atoms with Gasteiger partial charge in [0.05, 0.1) is 12.0 Å². The first-order chi connectivity index (χ1) is 15.9. The van der Waals surface area contributed by atoms with E-state index in [2.05, 4.69) is 4.90 Å². The second kappa shape index (κ2) is 10.4. The lowest BCUT2D eigenvalue weighted by Crippen LogP contribution is -2.41. The standard InChI is InChI=1S/C27H27ClF2N2O/c1-31(25(18-32-16-2-3-17-32)19-4-10-22(28)11-5-19)27(33)26(20-6-12-23(29)13-7-20)21-8-14-24(30)15-9-21/h4-15,25-26H,2-3,16-18H2,1H3/t25-/m1/s1. The van der Waals surface area contributed by atoms with Crippen LogP contribution in [-0.2, 0) is 4.79 Å². The lowest BCUT2D eigenvalue weighted by atomic mass is 9.89. The summed E-state index contributed by atoms with van der Waals surface area (Å²) < 4.78 is 27.2. The highest BCUT2D eigenvalue weighted by Gasteiger charge is 2.32. The molecule has 3 aromatic carbocycles. The van der Waals surface area contributed by atoms with Crippen LogP contribution in [0.5, 0.6) is 0 Å². The Morgan fingerprint density at radius 2 is 1.30 bits per heavy atom. The summed E-state index contributed by atoms with van der Waals surface area (Å²) >= 11 is 6.11. The average molecular weight is 469 g/mol. The normalized spacial score (nSPS) is 15.1. The van der Waals surface area contributed by atoms with Crippen LogP contribution in [0.25, 0.3) is 0 Å². The molecule has 0 aromatic heterocycles. The summed E-state index contributed by atoms with van der Waals surface area (Å²) in [4.78, 5) is 18.1.